The maximum atomic E-state index is 13.2. The van der Waals surface area contributed by atoms with Crippen molar-refractivity contribution in [1.29, 1.82) is 0 Å². The Morgan fingerprint density at radius 3 is 2.43 bits per heavy atom. The number of para-hydroxylation sites is 1. The standard InChI is InChI=1S/C24H32N4O2/c1-4-5-6-7-8-13-22(29)26-28-23(18-14-16-19(17-15-18)27(2)3)25-21-12-10-9-11-20(21)24(28)30/h9-12,14-17,23,25H,4-8,13H2,1-3H3,(H,26,29)/t23-/m0/s1. The zero-order chi connectivity index (χ0) is 21.5. The van der Waals surface area contributed by atoms with Gasteiger partial charge in [0.2, 0.25) is 5.91 Å². The Labute approximate surface area is 179 Å². The second-order valence-electron chi connectivity index (χ2n) is 7.95. The molecular weight excluding hydrogens is 376 g/mol. The van der Waals surface area contributed by atoms with Crippen molar-refractivity contribution in [2.75, 3.05) is 24.3 Å². The van der Waals surface area contributed by atoms with Crippen LogP contribution in [-0.4, -0.2) is 30.9 Å². The van der Waals surface area contributed by atoms with Crippen LogP contribution in [0.2, 0.25) is 0 Å². The van der Waals surface area contributed by atoms with Gasteiger partial charge < -0.3 is 10.2 Å². The van der Waals surface area contributed by atoms with E-state index in [0.29, 0.717) is 12.0 Å². The Balaban J connectivity index is 1.78. The molecule has 0 spiro atoms. The fourth-order valence-corrected chi connectivity index (χ4v) is 3.64. The maximum Gasteiger partial charge on any atom is 0.276 e. The van der Waals surface area contributed by atoms with Crippen molar-refractivity contribution >= 4 is 23.2 Å². The van der Waals surface area contributed by atoms with Gasteiger partial charge in [0, 0.05) is 31.9 Å². The van der Waals surface area contributed by atoms with Crippen molar-refractivity contribution < 1.29 is 9.59 Å². The smallest absolute Gasteiger partial charge is 0.276 e. The van der Waals surface area contributed by atoms with Crippen molar-refractivity contribution in [1.82, 2.24) is 10.4 Å². The van der Waals surface area contributed by atoms with E-state index < -0.39 is 6.17 Å². The SMILES string of the molecule is CCCCCCCC(=O)NN1C(=O)c2ccccc2N[C@@H]1c1ccc(N(C)C)cc1. The van der Waals surface area contributed by atoms with Gasteiger partial charge in [0.15, 0.2) is 0 Å². The highest BCUT2D eigenvalue weighted by molar-refractivity contribution is 6.02. The van der Waals surface area contributed by atoms with E-state index in [0.717, 1.165) is 36.2 Å². The van der Waals surface area contributed by atoms with Crippen LogP contribution < -0.4 is 15.6 Å². The molecule has 6 heteroatoms. The number of hydrazine groups is 1. The minimum absolute atomic E-state index is 0.129. The van der Waals surface area contributed by atoms with Gasteiger partial charge >= 0.3 is 0 Å². The molecule has 30 heavy (non-hydrogen) atoms. The molecule has 0 saturated heterocycles. The fraction of sp³-hybridized carbons (Fsp3) is 0.417. The van der Waals surface area contributed by atoms with E-state index >= 15 is 0 Å². The van der Waals surface area contributed by atoms with Gasteiger partial charge in [-0.3, -0.25) is 15.0 Å². The summed E-state index contributed by atoms with van der Waals surface area (Å²) in [5.74, 6) is -0.332. The summed E-state index contributed by atoms with van der Waals surface area (Å²) in [7, 11) is 3.97. The van der Waals surface area contributed by atoms with Gasteiger partial charge in [-0.15, -0.1) is 0 Å². The predicted octanol–water partition coefficient (Wildman–Crippen LogP) is 4.71. The van der Waals surface area contributed by atoms with E-state index in [1.165, 1.54) is 17.9 Å². The Kier molecular flexibility index (Phi) is 7.33. The molecule has 2 amide bonds. The largest absolute Gasteiger partial charge is 0.378 e. The van der Waals surface area contributed by atoms with Gasteiger partial charge in [-0.05, 0) is 36.2 Å². The highest BCUT2D eigenvalue weighted by Gasteiger charge is 2.34. The summed E-state index contributed by atoms with van der Waals surface area (Å²) in [6.07, 6.45) is 5.33. The van der Waals surface area contributed by atoms with E-state index in [4.69, 9.17) is 0 Å². The number of hydrogen-bond acceptors (Lipinski definition) is 4. The number of nitrogens with one attached hydrogen (secondary N) is 2. The Hall–Kier alpha value is -3.02. The highest BCUT2D eigenvalue weighted by atomic mass is 16.2. The zero-order valence-electron chi connectivity index (χ0n) is 18.1. The molecule has 0 aromatic heterocycles. The average Bonchev–Trinajstić information content (AvgIpc) is 2.75. The molecule has 0 aliphatic carbocycles. The van der Waals surface area contributed by atoms with Gasteiger partial charge in [0.05, 0.1) is 5.56 Å². The molecule has 2 N–H and O–H groups in total. The number of rotatable bonds is 9. The fourth-order valence-electron chi connectivity index (χ4n) is 3.64. The lowest BCUT2D eigenvalue weighted by Gasteiger charge is -2.38. The lowest BCUT2D eigenvalue weighted by Crippen LogP contribution is -2.52. The monoisotopic (exact) mass is 408 g/mol. The topological polar surface area (TPSA) is 64.7 Å². The summed E-state index contributed by atoms with van der Waals surface area (Å²) in [4.78, 5) is 27.8. The normalized spacial score (nSPS) is 15.4. The Morgan fingerprint density at radius 1 is 1.03 bits per heavy atom. The number of carbonyl (C=O) groups is 2. The predicted molar refractivity (Wildman–Crippen MR) is 121 cm³/mol. The molecule has 0 saturated carbocycles. The number of nitrogens with zero attached hydrogens (tertiary/aromatic N) is 2. The first-order chi connectivity index (χ1) is 14.5. The molecular formula is C24H32N4O2. The molecule has 2 aromatic rings. The van der Waals surface area contributed by atoms with Crippen molar-refractivity contribution in [2.45, 2.75) is 51.6 Å². The average molecular weight is 409 g/mol. The van der Waals surface area contributed by atoms with Crippen LogP contribution in [0.1, 0.15) is 67.5 Å². The molecule has 0 bridgehead atoms. The van der Waals surface area contributed by atoms with E-state index in [-0.39, 0.29) is 11.8 Å². The molecule has 0 fully saturated rings. The summed E-state index contributed by atoms with van der Waals surface area (Å²) >= 11 is 0. The summed E-state index contributed by atoms with van der Waals surface area (Å²) in [6, 6.07) is 15.4. The van der Waals surface area contributed by atoms with Gasteiger partial charge in [0.1, 0.15) is 6.17 Å². The molecule has 1 atom stereocenters. The molecule has 1 aliphatic rings. The first kappa shape index (κ1) is 21.7. The van der Waals surface area contributed by atoms with Crippen LogP contribution in [0.15, 0.2) is 48.5 Å². The van der Waals surface area contributed by atoms with Gasteiger partial charge in [-0.25, -0.2) is 5.01 Å². The molecule has 6 nitrogen and oxygen atoms in total. The summed E-state index contributed by atoms with van der Waals surface area (Å²) in [6.45, 7) is 2.17. The third-order valence-corrected chi connectivity index (χ3v) is 5.40. The van der Waals surface area contributed by atoms with E-state index in [9.17, 15) is 9.59 Å². The molecule has 0 unspecified atom stereocenters. The Morgan fingerprint density at radius 2 is 1.73 bits per heavy atom. The van der Waals surface area contributed by atoms with Crippen LogP contribution >= 0.6 is 0 Å². The molecule has 2 aromatic carbocycles. The minimum atomic E-state index is -0.465. The number of anilines is 2. The van der Waals surface area contributed by atoms with Gasteiger partial charge in [-0.2, -0.15) is 0 Å². The maximum absolute atomic E-state index is 13.2. The van der Waals surface area contributed by atoms with Crippen molar-refractivity contribution in [3.05, 3.63) is 59.7 Å². The van der Waals surface area contributed by atoms with Crippen LogP contribution in [0.4, 0.5) is 11.4 Å². The lowest BCUT2D eigenvalue weighted by atomic mass is 10.0. The van der Waals surface area contributed by atoms with Crippen molar-refractivity contribution in [3.8, 4) is 0 Å². The van der Waals surface area contributed by atoms with E-state index in [1.807, 2.05) is 61.5 Å². The van der Waals surface area contributed by atoms with Crippen LogP contribution in [0, 0.1) is 0 Å². The number of carbonyl (C=O) groups excluding carboxylic acids is 2. The molecule has 160 valence electrons. The number of fused-ring (bicyclic) bond motifs is 1. The van der Waals surface area contributed by atoms with Crippen LogP contribution in [-0.2, 0) is 4.79 Å². The molecule has 3 rings (SSSR count). The van der Waals surface area contributed by atoms with E-state index in [2.05, 4.69) is 17.7 Å². The Bertz CT molecular complexity index is 864. The zero-order valence-corrected chi connectivity index (χ0v) is 18.1. The number of amides is 2. The molecule has 0 radical (unpaired) electrons. The first-order valence-corrected chi connectivity index (χ1v) is 10.8. The second kappa shape index (κ2) is 10.1. The quantitative estimate of drug-likeness (QED) is 0.590. The van der Waals surface area contributed by atoms with Crippen molar-refractivity contribution in [3.63, 3.8) is 0 Å². The number of hydrogen-bond donors (Lipinski definition) is 2. The van der Waals surface area contributed by atoms with Crippen molar-refractivity contribution in [2.24, 2.45) is 0 Å². The summed E-state index contributed by atoms with van der Waals surface area (Å²) in [5, 5.41) is 4.84. The first-order valence-electron chi connectivity index (χ1n) is 10.8. The number of unbranched alkanes of at least 4 members (excludes halogenated alkanes) is 4. The third-order valence-electron chi connectivity index (χ3n) is 5.40. The second-order valence-corrected chi connectivity index (χ2v) is 7.95. The number of benzene rings is 2. The van der Waals surface area contributed by atoms with Crippen LogP contribution in [0.25, 0.3) is 0 Å². The van der Waals surface area contributed by atoms with Gasteiger partial charge in [-0.1, -0.05) is 56.9 Å². The lowest BCUT2D eigenvalue weighted by molar-refractivity contribution is -0.125. The van der Waals surface area contributed by atoms with Gasteiger partial charge in [0.25, 0.3) is 5.91 Å². The highest BCUT2D eigenvalue weighted by Crippen LogP contribution is 2.32. The third kappa shape index (κ3) is 5.12. The summed E-state index contributed by atoms with van der Waals surface area (Å²) < 4.78 is 0. The van der Waals surface area contributed by atoms with Crippen LogP contribution in [0.5, 0.6) is 0 Å². The van der Waals surface area contributed by atoms with E-state index in [1.54, 1.807) is 6.07 Å². The molecule has 1 heterocycles. The molecule has 1 aliphatic heterocycles. The summed E-state index contributed by atoms with van der Waals surface area (Å²) in [5.41, 5.74) is 6.17. The van der Waals surface area contributed by atoms with Crippen LogP contribution in [0.3, 0.4) is 0 Å². The minimum Gasteiger partial charge on any atom is -0.378 e.